The summed E-state index contributed by atoms with van der Waals surface area (Å²) in [5.74, 6) is -1.04. The number of rotatable bonds is 11. The van der Waals surface area contributed by atoms with Crippen LogP contribution in [0.4, 0.5) is 5.69 Å². The number of carbonyl (C=O) groups is 2. The maximum absolute atomic E-state index is 15.1. The largest absolute Gasteiger partial charge is 0.491 e. The van der Waals surface area contributed by atoms with E-state index in [9.17, 15) is 9.59 Å². The smallest absolute Gasteiger partial charge is 0.286 e. The molecule has 14 nitrogen and oxygen atoms in total. The zero-order chi connectivity index (χ0) is 41.2. The van der Waals surface area contributed by atoms with Crippen molar-refractivity contribution in [2.45, 2.75) is 57.8 Å². The third kappa shape index (κ3) is 11.0. The summed E-state index contributed by atoms with van der Waals surface area (Å²) < 4.78 is 58.4. The van der Waals surface area contributed by atoms with Crippen LogP contribution in [0.1, 0.15) is 64.4 Å². The lowest BCUT2D eigenvalue weighted by molar-refractivity contribution is -0.00681. The third-order valence-corrected chi connectivity index (χ3v) is 13.2. The van der Waals surface area contributed by atoms with E-state index in [2.05, 4.69) is 25.1 Å². The van der Waals surface area contributed by atoms with Crippen molar-refractivity contribution in [3.8, 4) is 11.6 Å². The molecule has 6 atom stereocenters. The van der Waals surface area contributed by atoms with E-state index in [0.29, 0.717) is 50.3 Å². The van der Waals surface area contributed by atoms with Crippen molar-refractivity contribution in [3.63, 3.8) is 0 Å². The van der Waals surface area contributed by atoms with Gasteiger partial charge in [-0.2, -0.15) is 0 Å². The Labute approximate surface area is 346 Å². The van der Waals surface area contributed by atoms with Crippen molar-refractivity contribution in [1.29, 1.82) is 0 Å². The Balaban J connectivity index is 1.44. The van der Waals surface area contributed by atoms with Gasteiger partial charge in [-0.25, -0.2) is 4.21 Å². The predicted octanol–water partition coefficient (Wildman–Crippen LogP) is 6.05. The van der Waals surface area contributed by atoms with Crippen LogP contribution in [0.15, 0.2) is 59.1 Å². The summed E-state index contributed by atoms with van der Waals surface area (Å²) in [6.45, 7) is 4.97. The number of hydrogen-bond acceptors (Lipinski definition) is 11. The number of aromatic nitrogens is 2. The molecule has 316 valence electrons. The molecular weight excluding hydrogens is 786 g/mol. The molecule has 2 bridgehead atoms. The molecule has 58 heavy (non-hydrogen) atoms. The summed E-state index contributed by atoms with van der Waals surface area (Å²) in [5.41, 5.74) is 3.31. The van der Waals surface area contributed by atoms with Crippen LogP contribution < -0.4 is 19.1 Å². The first-order valence-corrected chi connectivity index (χ1v) is 21.9. The standard InChI is InChI=1S/C42H56ClN5O9S/c1-28-27-58(51,46-41(50)35-26-47(2)44-42(35)54-5)45-40(49)30-11-14-39-36(23-30)48(24-31-9-12-33(43)22-29(31)8-6-7-17-56-39)25-32-10-13-34(32)38(53-4)16-15-37(28)57-21-20-55-19-18-52-3/h9,11-12,14-16,22-23,26,28,32,34,37-38H,6-8,10,13,17-21,24-25,27H2,1-5H3,(H,45,46,49,50,51)/b16-15+/t28-,32+,34-,37+,38+,58?/m1/s1. The molecule has 3 aromatic rings. The second-order valence-corrected chi connectivity index (χ2v) is 17.6. The minimum atomic E-state index is -3.80. The molecule has 6 rings (SSSR count). The molecule has 1 saturated carbocycles. The first-order valence-electron chi connectivity index (χ1n) is 19.9. The van der Waals surface area contributed by atoms with Gasteiger partial charge in [0.1, 0.15) is 21.2 Å². The molecule has 0 radical (unpaired) electrons. The first-order chi connectivity index (χ1) is 28.0. The van der Waals surface area contributed by atoms with Gasteiger partial charge in [0.15, 0.2) is 0 Å². The maximum Gasteiger partial charge on any atom is 0.286 e. The monoisotopic (exact) mass is 841 g/mol. The van der Waals surface area contributed by atoms with Gasteiger partial charge in [0.05, 0.1) is 63.8 Å². The summed E-state index contributed by atoms with van der Waals surface area (Å²) in [4.78, 5) is 30.4. The fourth-order valence-corrected chi connectivity index (χ4v) is 9.89. The molecule has 2 aromatic carbocycles. The maximum atomic E-state index is 15.1. The van der Waals surface area contributed by atoms with Crippen molar-refractivity contribution in [2.24, 2.45) is 29.2 Å². The first kappa shape index (κ1) is 43.6. The van der Waals surface area contributed by atoms with Gasteiger partial charge in [0.25, 0.3) is 11.8 Å². The lowest BCUT2D eigenvalue weighted by atomic mass is 9.70. The Kier molecular flexibility index (Phi) is 15.3. The number of nitrogens with zero attached hydrogens (tertiary/aromatic N) is 4. The number of anilines is 1. The third-order valence-electron chi connectivity index (χ3n) is 11.0. The topological polar surface area (TPSA) is 152 Å². The molecule has 16 heteroatoms. The summed E-state index contributed by atoms with van der Waals surface area (Å²) in [5, 5.41) is 4.86. The summed E-state index contributed by atoms with van der Waals surface area (Å²) in [7, 11) is 2.55. The summed E-state index contributed by atoms with van der Waals surface area (Å²) in [6, 6.07) is 11.2. The van der Waals surface area contributed by atoms with E-state index in [1.165, 1.54) is 23.6 Å². The number of halogens is 1. The SMILES string of the molecule is COCCOCCO[C@H]1/C=C/[C@H](OC)[C@@H]2CC[C@H]2CN2Cc3ccc(Cl)cc3CCCCOc3ccc(cc32)C(=O)N=S(=O)(NC(=O)c2cn(C)nc2OC)C[C@H]1C. The van der Waals surface area contributed by atoms with Gasteiger partial charge < -0.3 is 33.3 Å². The van der Waals surface area contributed by atoms with Crippen molar-refractivity contribution in [1.82, 2.24) is 14.5 Å². The average Bonchev–Trinajstić information content (AvgIpc) is 3.57. The van der Waals surface area contributed by atoms with Crippen LogP contribution in [0.2, 0.25) is 5.02 Å². The highest BCUT2D eigenvalue weighted by Crippen LogP contribution is 2.42. The van der Waals surface area contributed by atoms with Gasteiger partial charge in [-0.15, -0.1) is 9.46 Å². The number of amides is 2. The van der Waals surface area contributed by atoms with Crippen molar-refractivity contribution in [3.05, 3.63) is 82.0 Å². The van der Waals surface area contributed by atoms with Crippen LogP contribution >= 0.6 is 11.6 Å². The molecule has 1 aliphatic carbocycles. The number of ether oxygens (including phenoxy) is 6. The number of methoxy groups -OCH3 is 3. The second-order valence-electron chi connectivity index (χ2n) is 15.1. The van der Waals surface area contributed by atoms with E-state index < -0.39 is 33.8 Å². The van der Waals surface area contributed by atoms with Crippen molar-refractivity contribution >= 4 is 39.0 Å². The Morgan fingerprint density at radius 3 is 2.59 bits per heavy atom. The quantitative estimate of drug-likeness (QED) is 0.177. The highest BCUT2D eigenvalue weighted by molar-refractivity contribution is 7.92. The zero-order valence-corrected chi connectivity index (χ0v) is 35.6. The van der Waals surface area contributed by atoms with Crippen LogP contribution in [-0.2, 0) is 48.9 Å². The van der Waals surface area contributed by atoms with E-state index >= 15 is 4.21 Å². The number of nitrogens with one attached hydrogen (secondary N) is 1. The molecule has 1 N–H and O–H groups in total. The molecule has 1 aromatic heterocycles. The van der Waals surface area contributed by atoms with Gasteiger partial charge in [-0.1, -0.05) is 36.7 Å². The Hall–Kier alpha value is -3.99. The lowest BCUT2D eigenvalue weighted by Crippen LogP contribution is -2.43. The Bertz CT molecular complexity index is 2050. The predicted molar refractivity (Wildman–Crippen MR) is 222 cm³/mol. The molecule has 2 aliphatic heterocycles. The van der Waals surface area contributed by atoms with Gasteiger partial charge >= 0.3 is 0 Å². The molecular formula is C42H56ClN5O9S. The van der Waals surface area contributed by atoms with Crippen molar-refractivity contribution in [2.75, 3.05) is 71.6 Å². The normalized spacial score (nSPS) is 25.8. The van der Waals surface area contributed by atoms with E-state index in [0.717, 1.165) is 43.4 Å². The molecule has 0 spiro atoms. The number of hydrogen-bond donors (Lipinski definition) is 1. The lowest BCUT2D eigenvalue weighted by Gasteiger charge is -2.43. The fraction of sp³-hybridized carbons (Fsp3) is 0.548. The van der Waals surface area contributed by atoms with Crippen molar-refractivity contribution < 1.29 is 42.2 Å². The van der Waals surface area contributed by atoms with E-state index in [4.69, 9.17) is 40.0 Å². The van der Waals surface area contributed by atoms with Gasteiger partial charge in [0.2, 0.25) is 5.88 Å². The van der Waals surface area contributed by atoms with E-state index in [1.807, 2.05) is 31.2 Å². The number of aryl methyl sites for hydroxylation is 2. The highest BCUT2D eigenvalue weighted by Gasteiger charge is 2.38. The molecule has 1 unspecified atom stereocenters. The van der Waals surface area contributed by atoms with Crippen LogP contribution in [0.25, 0.3) is 0 Å². The van der Waals surface area contributed by atoms with Crippen LogP contribution in [0.3, 0.4) is 0 Å². The molecule has 3 aliphatic rings. The Morgan fingerprint density at radius 2 is 1.83 bits per heavy atom. The van der Waals surface area contributed by atoms with Crippen LogP contribution in [0.5, 0.6) is 11.6 Å². The minimum absolute atomic E-state index is 0.0428. The summed E-state index contributed by atoms with van der Waals surface area (Å²) >= 11 is 6.50. The second kappa shape index (κ2) is 20.3. The highest BCUT2D eigenvalue weighted by atomic mass is 35.5. The number of fused-ring (bicyclic) bond motifs is 3. The summed E-state index contributed by atoms with van der Waals surface area (Å²) in [6.07, 6.45) is 9.20. The molecule has 1 fully saturated rings. The van der Waals surface area contributed by atoms with Gasteiger partial charge in [0, 0.05) is 57.1 Å². The van der Waals surface area contributed by atoms with E-state index in [1.54, 1.807) is 39.5 Å². The fourth-order valence-electron chi connectivity index (χ4n) is 7.82. The van der Waals surface area contributed by atoms with Crippen LogP contribution in [0, 0.1) is 17.8 Å². The molecule has 2 amide bonds. The number of carbonyl (C=O) groups excluding carboxylic acids is 2. The van der Waals surface area contributed by atoms with E-state index in [-0.39, 0.29) is 47.3 Å². The van der Waals surface area contributed by atoms with Gasteiger partial charge in [-0.3, -0.25) is 19.0 Å². The average molecular weight is 842 g/mol. The van der Waals surface area contributed by atoms with Crippen LogP contribution in [-0.4, -0.2) is 105 Å². The number of benzene rings is 2. The zero-order valence-electron chi connectivity index (χ0n) is 34.0. The van der Waals surface area contributed by atoms with Gasteiger partial charge in [-0.05, 0) is 85.4 Å². The molecule has 3 heterocycles. The minimum Gasteiger partial charge on any atom is -0.491 e. The molecule has 0 saturated heterocycles. The Morgan fingerprint density at radius 1 is 1.02 bits per heavy atom.